The van der Waals surface area contributed by atoms with Crippen molar-refractivity contribution < 1.29 is 4.79 Å². The van der Waals surface area contributed by atoms with Crippen molar-refractivity contribution in [1.29, 1.82) is 0 Å². The highest BCUT2D eigenvalue weighted by atomic mass is 16.2. The van der Waals surface area contributed by atoms with Crippen LogP contribution in [-0.4, -0.2) is 48.4 Å². The van der Waals surface area contributed by atoms with Crippen LogP contribution in [0.15, 0.2) is 59.3 Å². The van der Waals surface area contributed by atoms with Gasteiger partial charge in [-0.05, 0) is 79.6 Å². The molecular formula is C29H48N2O. The third-order valence-electron chi connectivity index (χ3n) is 6.12. The Bertz CT molecular complexity index is 684. The minimum atomic E-state index is 0.298. The minimum absolute atomic E-state index is 0.298. The maximum Gasteiger partial charge on any atom is 0.222 e. The molecular weight excluding hydrogens is 392 g/mol. The molecule has 1 saturated heterocycles. The summed E-state index contributed by atoms with van der Waals surface area (Å²) >= 11 is 0. The minimum Gasteiger partial charge on any atom is -0.340 e. The molecule has 0 bridgehead atoms. The van der Waals surface area contributed by atoms with Crippen LogP contribution in [-0.2, 0) is 4.79 Å². The van der Waals surface area contributed by atoms with Gasteiger partial charge in [0.25, 0.3) is 0 Å². The third-order valence-corrected chi connectivity index (χ3v) is 6.12. The summed E-state index contributed by atoms with van der Waals surface area (Å²) in [5.41, 5.74) is 5.79. The van der Waals surface area contributed by atoms with E-state index in [1.807, 2.05) is 11.0 Å². The average molecular weight is 441 g/mol. The highest BCUT2D eigenvalue weighted by Crippen LogP contribution is 2.14. The van der Waals surface area contributed by atoms with E-state index in [4.69, 9.17) is 0 Å². The van der Waals surface area contributed by atoms with Gasteiger partial charge in [0.2, 0.25) is 5.91 Å². The molecule has 0 aliphatic carbocycles. The van der Waals surface area contributed by atoms with Crippen molar-refractivity contribution >= 4 is 5.91 Å². The lowest BCUT2D eigenvalue weighted by molar-refractivity contribution is -0.132. The van der Waals surface area contributed by atoms with Crippen LogP contribution < -0.4 is 0 Å². The Morgan fingerprint density at radius 1 is 0.688 bits per heavy atom. The standard InChI is InChI=1S/C29H48N2O/c1-7-20-30-21-23-31(24-22-30)29(32)19-11-18-28(6)17-10-16-27(5)15-9-14-26(4)13-8-12-25(2)3/h7,12,14,16,18H,1,8-11,13,15,17,19-24H2,2-6H3/b26-14+,27-16?,28-18+. The maximum absolute atomic E-state index is 12.4. The van der Waals surface area contributed by atoms with Gasteiger partial charge in [0.05, 0.1) is 0 Å². The molecule has 0 saturated carbocycles. The zero-order valence-corrected chi connectivity index (χ0v) is 21.6. The number of hydrogen-bond acceptors (Lipinski definition) is 2. The molecule has 0 atom stereocenters. The van der Waals surface area contributed by atoms with Crippen molar-refractivity contribution in [1.82, 2.24) is 9.80 Å². The fourth-order valence-electron chi connectivity index (χ4n) is 3.95. The summed E-state index contributed by atoms with van der Waals surface area (Å²) < 4.78 is 0. The highest BCUT2D eigenvalue weighted by Gasteiger charge is 2.19. The Balaban J connectivity index is 2.21. The molecule has 3 nitrogen and oxygen atoms in total. The van der Waals surface area contributed by atoms with Crippen LogP contribution in [0.4, 0.5) is 0 Å². The van der Waals surface area contributed by atoms with E-state index in [9.17, 15) is 4.79 Å². The Morgan fingerprint density at radius 3 is 1.56 bits per heavy atom. The molecule has 0 radical (unpaired) electrons. The molecule has 0 aromatic rings. The number of carbonyl (C=O) groups is 1. The number of hydrogen-bond donors (Lipinski definition) is 0. The lowest BCUT2D eigenvalue weighted by Crippen LogP contribution is -2.48. The Hall–Kier alpha value is -1.87. The van der Waals surface area contributed by atoms with E-state index in [0.29, 0.717) is 12.3 Å². The first-order valence-corrected chi connectivity index (χ1v) is 12.5. The van der Waals surface area contributed by atoms with E-state index in [2.05, 4.69) is 70.4 Å². The molecule has 180 valence electrons. The summed E-state index contributed by atoms with van der Waals surface area (Å²) in [6, 6.07) is 0. The van der Waals surface area contributed by atoms with Gasteiger partial charge < -0.3 is 4.90 Å². The number of rotatable bonds is 14. The third kappa shape index (κ3) is 13.5. The predicted molar refractivity (Wildman–Crippen MR) is 141 cm³/mol. The van der Waals surface area contributed by atoms with Crippen LogP contribution >= 0.6 is 0 Å². The second kappa shape index (κ2) is 16.7. The Morgan fingerprint density at radius 2 is 1.12 bits per heavy atom. The average Bonchev–Trinajstić information content (AvgIpc) is 2.74. The van der Waals surface area contributed by atoms with Crippen LogP contribution in [0.2, 0.25) is 0 Å². The topological polar surface area (TPSA) is 23.6 Å². The van der Waals surface area contributed by atoms with Gasteiger partial charge in [-0.25, -0.2) is 0 Å². The maximum atomic E-state index is 12.4. The van der Waals surface area contributed by atoms with Crippen LogP contribution in [0.3, 0.4) is 0 Å². The van der Waals surface area contributed by atoms with Crippen molar-refractivity contribution in [2.24, 2.45) is 0 Å². The van der Waals surface area contributed by atoms with Crippen molar-refractivity contribution in [3.8, 4) is 0 Å². The summed E-state index contributed by atoms with van der Waals surface area (Å²) in [7, 11) is 0. The zero-order valence-electron chi connectivity index (χ0n) is 21.6. The molecule has 32 heavy (non-hydrogen) atoms. The summed E-state index contributed by atoms with van der Waals surface area (Å²) in [6.07, 6.45) is 19.6. The van der Waals surface area contributed by atoms with Gasteiger partial charge in [-0.3, -0.25) is 9.69 Å². The predicted octanol–water partition coefficient (Wildman–Crippen LogP) is 7.24. The number of piperazine rings is 1. The quantitative estimate of drug-likeness (QED) is 0.266. The largest absolute Gasteiger partial charge is 0.340 e. The van der Waals surface area contributed by atoms with Gasteiger partial charge in [-0.15, -0.1) is 6.58 Å². The second-order valence-corrected chi connectivity index (χ2v) is 9.56. The van der Waals surface area contributed by atoms with Gasteiger partial charge in [0.15, 0.2) is 0 Å². The molecule has 1 aliphatic rings. The lowest BCUT2D eigenvalue weighted by atomic mass is 10.0. The summed E-state index contributed by atoms with van der Waals surface area (Å²) in [6.45, 7) is 19.4. The Labute approximate surface area is 198 Å². The van der Waals surface area contributed by atoms with E-state index in [1.165, 1.54) is 28.7 Å². The monoisotopic (exact) mass is 440 g/mol. The molecule has 0 N–H and O–H groups in total. The molecule has 1 amide bonds. The lowest BCUT2D eigenvalue weighted by Gasteiger charge is -2.34. The number of allylic oxidation sites excluding steroid dienone is 8. The first-order valence-electron chi connectivity index (χ1n) is 12.5. The molecule has 0 aromatic heterocycles. The fraction of sp³-hybridized carbons (Fsp3) is 0.621. The van der Waals surface area contributed by atoms with Crippen LogP contribution in [0.1, 0.15) is 86.0 Å². The zero-order chi connectivity index (χ0) is 23.8. The van der Waals surface area contributed by atoms with Crippen LogP contribution in [0.5, 0.6) is 0 Å². The molecule has 0 unspecified atom stereocenters. The summed E-state index contributed by atoms with van der Waals surface area (Å²) in [5.74, 6) is 0.298. The van der Waals surface area contributed by atoms with Crippen molar-refractivity contribution in [3.05, 3.63) is 59.3 Å². The molecule has 1 fully saturated rings. The second-order valence-electron chi connectivity index (χ2n) is 9.56. The summed E-state index contributed by atoms with van der Waals surface area (Å²) in [4.78, 5) is 16.8. The number of amides is 1. The Kier molecular flexibility index (Phi) is 14.7. The smallest absolute Gasteiger partial charge is 0.222 e. The number of nitrogens with zero attached hydrogens (tertiary/aromatic N) is 2. The van der Waals surface area contributed by atoms with Crippen LogP contribution in [0, 0.1) is 0 Å². The molecule has 0 spiro atoms. The molecule has 0 aromatic carbocycles. The van der Waals surface area contributed by atoms with E-state index in [1.54, 1.807) is 0 Å². The van der Waals surface area contributed by atoms with Gasteiger partial charge in [-0.1, -0.05) is 52.7 Å². The van der Waals surface area contributed by atoms with E-state index >= 15 is 0 Å². The van der Waals surface area contributed by atoms with Gasteiger partial charge in [0.1, 0.15) is 0 Å². The van der Waals surface area contributed by atoms with Gasteiger partial charge in [-0.2, -0.15) is 0 Å². The fourth-order valence-corrected chi connectivity index (χ4v) is 3.95. The van der Waals surface area contributed by atoms with Crippen molar-refractivity contribution in [2.45, 2.75) is 86.0 Å². The molecule has 3 heteroatoms. The van der Waals surface area contributed by atoms with E-state index in [0.717, 1.165) is 71.2 Å². The normalized spacial score (nSPS) is 16.3. The van der Waals surface area contributed by atoms with Crippen LogP contribution in [0.25, 0.3) is 0 Å². The van der Waals surface area contributed by atoms with Gasteiger partial charge in [0, 0.05) is 39.1 Å². The SMILES string of the molecule is C=CCN1CCN(C(=O)CC/C=C(\C)CCC=C(C)CC/C=C(\C)CCC=C(C)C)CC1. The van der Waals surface area contributed by atoms with E-state index in [-0.39, 0.29) is 0 Å². The molecule has 1 rings (SSSR count). The van der Waals surface area contributed by atoms with E-state index < -0.39 is 0 Å². The first-order chi connectivity index (χ1) is 15.3. The first kappa shape index (κ1) is 28.2. The highest BCUT2D eigenvalue weighted by molar-refractivity contribution is 5.76. The molecule has 1 aliphatic heterocycles. The molecule has 1 heterocycles. The van der Waals surface area contributed by atoms with Gasteiger partial charge >= 0.3 is 0 Å². The number of carbonyl (C=O) groups excluding carboxylic acids is 1. The van der Waals surface area contributed by atoms with Crippen molar-refractivity contribution in [3.63, 3.8) is 0 Å². The summed E-state index contributed by atoms with van der Waals surface area (Å²) in [5, 5.41) is 0. The van der Waals surface area contributed by atoms with Crippen molar-refractivity contribution in [2.75, 3.05) is 32.7 Å².